The summed E-state index contributed by atoms with van der Waals surface area (Å²) in [7, 11) is 0. The molecule has 106 valence electrons. The molecule has 2 aromatic rings. The van der Waals surface area contributed by atoms with Gasteiger partial charge in [-0.25, -0.2) is 15.0 Å². The summed E-state index contributed by atoms with van der Waals surface area (Å²) >= 11 is 0. The smallest absolute Gasteiger partial charge is 0.235 e. The fraction of sp³-hybridized carbons (Fsp3) is 0.533. The standard InChI is InChI=1S/C15H21N5/c1-2-7-16-8-12-9-17-15(18-10-12)20-11-19-13-5-3-4-6-14(13)20/h9-11,16H,2-8H2,1H3. The molecule has 1 N–H and O–H groups in total. The Hall–Kier alpha value is -1.75. The van der Waals surface area contributed by atoms with E-state index in [1.807, 2.05) is 23.3 Å². The van der Waals surface area contributed by atoms with Crippen LogP contribution in [0.3, 0.4) is 0 Å². The second-order valence-corrected chi connectivity index (χ2v) is 5.28. The highest BCUT2D eigenvalue weighted by Crippen LogP contribution is 2.21. The molecule has 0 fully saturated rings. The number of aryl methyl sites for hydroxylation is 1. The number of hydrogen-bond donors (Lipinski definition) is 1. The Labute approximate surface area is 119 Å². The number of imidazole rings is 1. The lowest BCUT2D eigenvalue weighted by Crippen LogP contribution is -2.15. The van der Waals surface area contributed by atoms with Crippen LogP contribution in [0, 0.1) is 0 Å². The minimum atomic E-state index is 0.736. The number of nitrogens with one attached hydrogen (secondary N) is 1. The van der Waals surface area contributed by atoms with Gasteiger partial charge in [-0.2, -0.15) is 0 Å². The van der Waals surface area contributed by atoms with Crippen molar-refractivity contribution in [2.75, 3.05) is 6.54 Å². The predicted octanol–water partition coefficient (Wildman–Crippen LogP) is 2.04. The zero-order valence-electron chi connectivity index (χ0n) is 12.0. The van der Waals surface area contributed by atoms with Crippen molar-refractivity contribution in [1.29, 1.82) is 0 Å². The van der Waals surface area contributed by atoms with E-state index < -0.39 is 0 Å². The Kier molecular flexibility index (Phi) is 4.06. The zero-order chi connectivity index (χ0) is 13.8. The first-order valence-electron chi connectivity index (χ1n) is 7.45. The third kappa shape index (κ3) is 2.72. The van der Waals surface area contributed by atoms with E-state index in [-0.39, 0.29) is 0 Å². The summed E-state index contributed by atoms with van der Waals surface area (Å²) in [6.07, 6.45) is 11.4. The fourth-order valence-electron chi connectivity index (χ4n) is 2.61. The summed E-state index contributed by atoms with van der Waals surface area (Å²) in [5, 5.41) is 3.36. The van der Waals surface area contributed by atoms with E-state index in [9.17, 15) is 0 Å². The molecule has 20 heavy (non-hydrogen) atoms. The Bertz CT molecular complexity index is 558. The molecule has 0 radical (unpaired) electrons. The molecule has 0 aliphatic heterocycles. The predicted molar refractivity (Wildman–Crippen MR) is 77.8 cm³/mol. The maximum atomic E-state index is 4.49. The van der Waals surface area contributed by atoms with Crippen molar-refractivity contribution in [1.82, 2.24) is 24.8 Å². The molecule has 0 unspecified atom stereocenters. The van der Waals surface area contributed by atoms with Gasteiger partial charge in [0.05, 0.1) is 5.69 Å². The Morgan fingerprint density at radius 3 is 2.75 bits per heavy atom. The van der Waals surface area contributed by atoms with Gasteiger partial charge in [-0.05, 0) is 38.6 Å². The molecule has 0 atom stereocenters. The lowest BCUT2D eigenvalue weighted by Gasteiger charge is -2.13. The van der Waals surface area contributed by atoms with E-state index in [1.165, 1.54) is 24.2 Å². The summed E-state index contributed by atoms with van der Waals surface area (Å²) in [5.74, 6) is 0.736. The number of fused-ring (bicyclic) bond motifs is 1. The molecule has 0 aromatic carbocycles. The molecule has 0 saturated carbocycles. The van der Waals surface area contributed by atoms with Gasteiger partial charge in [-0.15, -0.1) is 0 Å². The summed E-state index contributed by atoms with van der Waals surface area (Å²) in [6.45, 7) is 4.02. The third-order valence-corrected chi connectivity index (χ3v) is 3.69. The number of nitrogens with zero attached hydrogens (tertiary/aromatic N) is 4. The van der Waals surface area contributed by atoms with E-state index in [0.29, 0.717) is 0 Å². The molecule has 0 saturated heterocycles. The molecule has 1 aliphatic carbocycles. The summed E-state index contributed by atoms with van der Waals surface area (Å²) < 4.78 is 2.04. The van der Waals surface area contributed by atoms with Crippen LogP contribution in [0.2, 0.25) is 0 Å². The van der Waals surface area contributed by atoms with Gasteiger partial charge in [0.15, 0.2) is 0 Å². The maximum Gasteiger partial charge on any atom is 0.235 e. The number of aromatic nitrogens is 4. The minimum absolute atomic E-state index is 0.736. The van der Waals surface area contributed by atoms with Crippen LogP contribution in [0.4, 0.5) is 0 Å². The molecular weight excluding hydrogens is 250 g/mol. The first kappa shape index (κ1) is 13.2. The SMILES string of the molecule is CCCNCc1cnc(-n2cnc3c2CCCC3)nc1. The Morgan fingerprint density at radius 2 is 1.95 bits per heavy atom. The molecule has 1 aliphatic rings. The highest BCUT2D eigenvalue weighted by atomic mass is 15.2. The molecule has 0 amide bonds. The number of rotatable bonds is 5. The van der Waals surface area contributed by atoms with E-state index in [0.717, 1.165) is 43.9 Å². The van der Waals surface area contributed by atoms with Gasteiger partial charge in [0.25, 0.3) is 0 Å². The number of hydrogen-bond acceptors (Lipinski definition) is 4. The van der Waals surface area contributed by atoms with Crippen LogP contribution in [0.1, 0.15) is 43.1 Å². The average Bonchev–Trinajstić information content (AvgIpc) is 2.92. The van der Waals surface area contributed by atoms with Crippen molar-refractivity contribution < 1.29 is 0 Å². The molecule has 0 spiro atoms. The second-order valence-electron chi connectivity index (χ2n) is 5.28. The van der Waals surface area contributed by atoms with Gasteiger partial charge in [-0.3, -0.25) is 4.57 Å². The highest BCUT2D eigenvalue weighted by Gasteiger charge is 2.17. The van der Waals surface area contributed by atoms with Gasteiger partial charge in [-0.1, -0.05) is 6.92 Å². The van der Waals surface area contributed by atoms with Crippen molar-refractivity contribution in [3.63, 3.8) is 0 Å². The average molecular weight is 271 g/mol. The molecule has 2 heterocycles. The van der Waals surface area contributed by atoms with Crippen LogP contribution in [-0.4, -0.2) is 26.1 Å². The maximum absolute atomic E-state index is 4.49. The van der Waals surface area contributed by atoms with Crippen LogP contribution >= 0.6 is 0 Å². The third-order valence-electron chi connectivity index (χ3n) is 3.69. The summed E-state index contributed by atoms with van der Waals surface area (Å²) in [5.41, 5.74) is 3.62. The summed E-state index contributed by atoms with van der Waals surface area (Å²) in [6, 6.07) is 0. The highest BCUT2D eigenvalue weighted by molar-refractivity contribution is 5.25. The first-order valence-corrected chi connectivity index (χ1v) is 7.45. The first-order chi connectivity index (χ1) is 9.88. The van der Waals surface area contributed by atoms with Crippen LogP contribution in [0.5, 0.6) is 0 Å². The lowest BCUT2D eigenvalue weighted by atomic mass is 10.0. The van der Waals surface area contributed by atoms with Crippen molar-refractivity contribution in [3.8, 4) is 5.95 Å². The van der Waals surface area contributed by atoms with Gasteiger partial charge in [0.2, 0.25) is 5.95 Å². The normalized spacial score (nSPS) is 14.2. The van der Waals surface area contributed by atoms with Crippen LogP contribution in [0.25, 0.3) is 5.95 Å². The van der Waals surface area contributed by atoms with Crippen molar-refractivity contribution in [2.24, 2.45) is 0 Å². The monoisotopic (exact) mass is 271 g/mol. The molecule has 2 aromatic heterocycles. The van der Waals surface area contributed by atoms with Gasteiger partial charge in [0, 0.05) is 30.2 Å². The molecule has 5 nitrogen and oxygen atoms in total. The largest absolute Gasteiger partial charge is 0.313 e. The van der Waals surface area contributed by atoms with Crippen LogP contribution in [0.15, 0.2) is 18.7 Å². The second kappa shape index (κ2) is 6.13. The van der Waals surface area contributed by atoms with E-state index >= 15 is 0 Å². The van der Waals surface area contributed by atoms with E-state index in [2.05, 4.69) is 27.2 Å². The molecule has 3 rings (SSSR count). The quantitative estimate of drug-likeness (QED) is 0.846. The van der Waals surface area contributed by atoms with Gasteiger partial charge >= 0.3 is 0 Å². The topological polar surface area (TPSA) is 55.6 Å². The molecule has 5 heteroatoms. The van der Waals surface area contributed by atoms with Crippen LogP contribution < -0.4 is 5.32 Å². The van der Waals surface area contributed by atoms with Crippen molar-refractivity contribution >= 4 is 0 Å². The lowest BCUT2D eigenvalue weighted by molar-refractivity contribution is 0.649. The van der Waals surface area contributed by atoms with Crippen molar-refractivity contribution in [2.45, 2.75) is 45.6 Å². The minimum Gasteiger partial charge on any atom is -0.313 e. The molecule has 0 bridgehead atoms. The summed E-state index contributed by atoms with van der Waals surface area (Å²) in [4.78, 5) is 13.4. The van der Waals surface area contributed by atoms with Crippen LogP contribution in [-0.2, 0) is 19.4 Å². The van der Waals surface area contributed by atoms with Gasteiger partial charge in [0.1, 0.15) is 6.33 Å². The van der Waals surface area contributed by atoms with E-state index in [1.54, 1.807) is 0 Å². The Morgan fingerprint density at radius 1 is 1.15 bits per heavy atom. The Balaban J connectivity index is 1.76. The fourth-order valence-corrected chi connectivity index (χ4v) is 2.61. The van der Waals surface area contributed by atoms with Crippen molar-refractivity contribution in [3.05, 3.63) is 35.7 Å². The van der Waals surface area contributed by atoms with Gasteiger partial charge < -0.3 is 5.32 Å². The van der Waals surface area contributed by atoms with E-state index in [4.69, 9.17) is 0 Å². The molecular formula is C15H21N5. The zero-order valence-corrected chi connectivity index (χ0v) is 12.0.